The quantitative estimate of drug-likeness (QED) is 0.660. The first-order chi connectivity index (χ1) is 13.6. The van der Waals surface area contributed by atoms with Crippen LogP contribution in [0.5, 0.6) is 0 Å². The van der Waals surface area contributed by atoms with Crippen LogP contribution in [0.2, 0.25) is 0 Å². The summed E-state index contributed by atoms with van der Waals surface area (Å²) in [5, 5.41) is 5.57. The minimum atomic E-state index is -0.650. The number of nitrogens with one attached hydrogen (secondary N) is 2. The van der Waals surface area contributed by atoms with Crippen molar-refractivity contribution >= 4 is 23.3 Å². The number of imidazole rings is 1. The van der Waals surface area contributed by atoms with Crippen molar-refractivity contribution in [3.8, 4) is 11.3 Å². The van der Waals surface area contributed by atoms with Crippen LogP contribution in [0.25, 0.3) is 16.9 Å². The molecule has 0 radical (unpaired) electrons. The first-order valence-corrected chi connectivity index (χ1v) is 9.35. The first kappa shape index (κ1) is 18.2. The van der Waals surface area contributed by atoms with Gasteiger partial charge >= 0.3 is 0 Å². The van der Waals surface area contributed by atoms with E-state index in [0.717, 1.165) is 35.3 Å². The van der Waals surface area contributed by atoms with Crippen molar-refractivity contribution in [3.05, 3.63) is 54.2 Å². The molecule has 1 fully saturated rings. The van der Waals surface area contributed by atoms with Crippen LogP contribution in [0.4, 0.5) is 10.2 Å². The summed E-state index contributed by atoms with van der Waals surface area (Å²) >= 11 is 0. The summed E-state index contributed by atoms with van der Waals surface area (Å²) < 4.78 is 14.1. The van der Waals surface area contributed by atoms with Gasteiger partial charge in [-0.2, -0.15) is 0 Å². The Morgan fingerprint density at radius 3 is 2.64 bits per heavy atom. The number of hydrogen-bond acceptors (Lipinski definition) is 3. The van der Waals surface area contributed by atoms with Gasteiger partial charge in [0.15, 0.2) is 5.82 Å². The maximum atomic E-state index is 12.2. The lowest BCUT2D eigenvalue weighted by Gasteiger charge is -2.08. The predicted molar refractivity (Wildman–Crippen MR) is 104 cm³/mol. The van der Waals surface area contributed by atoms with Gasteiger partial charge in [-0.3, -0.25) is 18.4 Å². The smallest absolute Gasteiger partial charge is 0.228 e. The Kier molecular flexibility index (Phi) is 5.06. The van der Waals surface area contributed by atoms with Gasteiger partial charge in [0, 0.05) is 12.5 Å². The minimum Gasteiger partial charge on any atom is -0.352 e. The van der Waals surface area contributed by atoms with Gasteiger partial charge in [0.2, 0.25) is 11.8 Å². The van der Waals surface area contributed by atoms with E-state index in [9.17, 15) is 14.0 Å². The van der Waals surface area contributed by atoms with Crippen LogP contribution in [0.15, 0.2) is 48.7 Å². The number of hydrogen-bond donors (Lipinski definition) is 2. The second kappa shape index (κ2) is 7.80. The second-order valence-electron chi connectivity index (χ2n) is 6.94. The third-order valence-electron chi connectivity index (χ3n) is 4.75. The van der Waals surface area contributed by atoms with Crippen molar-refractivity contribution in [3.63, 3.8) is 0 Å². The highest BCUT2D eigenvalue weighted by molar-refractivity contribution is 5.93. The number of halogens is 1. The number of pyridine rings is 1. The van der Waals surface area contributed by atoms with Crippen LogP contribution in [0.3, 0.4) is 0 Å². The maximum Gasteiger partial charge on any atom is 0.228 e. The molecule has 4 rings (SSSR count). The van der Waals surface area contributed by atoms with E-state index < -0.39 is 6.67 Å². The Morgan fingerprint density at radius 1 is 1.14 bits per heavy atom. The Balaban J connectivity index is 1.52. The van der Waals surface area contributed by atoms with Gasteiger partial charge in [0.25, 0.3) is 0 Å². The van der Waals surface area contributed by atoms with Crippen LogP contribution in [-0.4, -0.2) is 27.9 Å². The predicted octanol–water partition coefficient (Wildman–Crippen LogP) is 3.33. The van der Waals surface area contributed by atoms with Gasteiger partial charge < -0.3 is 10.6 Å². The largest absolute Gasteiger partial charge is 0.352 e. The van der Waals surface area contributed by atoms with E-state index in [0.29, 0.717) is 12.4 Å². The lowest BCUT2D eigenvalue weighted by Crippen LogP contribution is -2.22. The molecule has 2 amide bonds. The van der Waals surface area contributed by atoms with Gasteiger partial charge in [-0.15, -0.1) is 0 Å². The molecule has 1 aliphatic rings. The van der Waals surface area contributed by atoms with Crippen LogP contribution >= 0.6 is 0 Å². The van der Waals surface area contributed by atoms with Crippen molar-refractivity contribution in [1.82, 2.24) is 14.7 Å². The van der Waals surface area contributed by atoms with Crippen LogP contribution in [-0.2, 0) is 16.1 Å². The molecule has 2 aromatic heterocycles. The molecule has 0 unspecified atom stereocenters. The maximum absolute atomic E-state index is 12.2. The Morgan fingerprint density at radius 2 is 1.93 bits per heavy atom. The number of benzene rings is 1. The van der Waals surface area contributed by atoms with Gasteiger partial charge in [-0.1, -0.05) is 30.3 Å². The molecule has 2 heterocycles. The van der Waals surface area contributed by atoms with Crippen LogP contribution < -0.4 is 10.6 Å². The zero-order valence-electron chi connectivity index (χ0n) is 15.3. The molecule has 0 bridgehead atoms. The number of nitrogens with zero attached hydrogens (tertiary/aromatic N) is 2. The van der Waals surface area contributed by atoms with Gasteiger partial charge in [-0.25, -0.2) is 4.98 Å². The summed E-state index contributed by atoms with van der Waals surface area (Å²) in [6.45, 7) is -0.283. The van der Waals surface area contributed by atoms with Crippen molar-refractivity contribution in [2.75, 3.05) is 12.0 Å². The standard InChI is InChI=1S/C21H21FN4O2/c22-11-10-20(27)23-12-14-4-6-15(7-5-14)17-2-1-3-19-24-18(13-26(17)19)25-21(28)16-8-9-16/h1-7,13,16H,8-12H2,(H,23,27)(H,25,28). The summed E-state index contributed by atoms with van der Waals surface area (Å²) in [7, 11) is 0. The summed E-state index contributed by atoms with van der Waals surface area (Å²) in [4.78, 5) is 27.9. The molecule has 0 atom stereocenters. The number of fused-ring (bicyclic) bond motifs is 1. The molecule has 2 N–H and O–H groups in total. The molecule has 0 aliphatic heterocycles. The van der Waals surface area contributed by atoms with Gasteiger partial charge in [0.1, 0.15) is 5.65 Å². The number of carbonyl (C=O) groups is 2. The fraction of sp³-hybridized carbons (Fsp3) is 0.286. The van der Waals surface area contributed by atoms with E-state index in [-0.39, 0.29) is 24.2 Å². The van der Waals surface area contributed by atoms with Crippen LogP contribution in [0.1, 0.15) is 24.8 Å². The molecule has 6 nitrogen and oxygen atoms in total. The average Bonchev–Trinajstić information content (AvgIpc) is 3.47. The highest BCUT2D eigenvalue weighted by Gasteiger charge is 2.30. The lowest BCUT2D eigenvalue weighted by atomic mass is 10.1. The molecule has 7 heteroatoms. The topological polar surface area (TPSA) is 75.5 Å². The third kappa shape index (κ3) is 4.03. The monoisotopic (exact) mass is 380 g/mol. The zero-order valence-corrected chi connectivity index (χ0v) is 15.3. The summed E-state index contributed by atoms with van der Waals surface area (Å²) in [6.07, 6.45) is 3.62. The SMILES string of the molecule is O=C(CCF)NCc1ccc(-c2cccc3nc(NC(=O)C4CC4)cn23)cc1. The zero-order chi connectivity index (χ0) is 19.5. The summed E-state index contributed by atoms with van der Waals surface area (Å²) in [6, 6.07) is 13.6. The minimum absolute atomic E-state index is 0.0316. The molecular formula is C21H21FN4O2. The van der Waals surface area contributed by atoms with Crippen molar-refractivity contribution in [2.45, 2.75) is 25.8 Å². The molecule has 144 valence electrons. The highest BCUT2D eigenvalue weighted by Crippen LogP contribution is 2.30. The number of carbonyl (C=O) groups excluding carboxylic acids is 2. The van der Waals surface area contributed by atoms with E-state index in [1.54, 1.807) is 0 Å². The fourth-order valence-electron chi connectivity index (χ4n) is 3.05. The van der Waals surface area contributed by atoms with E-state index in [1.807, 2.05) is 53.1 Å². The first-order valence-electron chi connectivity index (χ1n) is 9.35. The lowest BCUT2D eigenvalue weighted by molar-refractivity contribution is -0.121. The Hall–Kier alpha value is -3.22. The molecular weight excluding hydrogens is 359 g/mol. The van der Waals surface area contributed by atoms with Crippen molar-refractivity contribution in [1.29, 1.82) is 0 Å². The van der Waals surface area contributed by atoms with E-state index in [1.165, 1.54) is 0 Å². The summed E-state index contributed by atoms with van der Waals surface area (Å²) in [5.74, 6) is 0.415. The number of amides is 2. The molecule has 1 aliphatic carbocycles. The second-order valence-corrected chi connectivity index (χ2v) is 6.94. The van der Waals surface area contributed by atoms with Crippen molar-refractivity contribution < 1.29 is 14.0 Å². The van der Waals surface area contributed by atoms with E-state index in [4.69, 9.17) is 0 Å². The van der Waals surface area contributed by atoms with E-state index in [2.05, 4.69) is 15.6 Å². The number of rotatable bonds is 7. The molecule has 3 aromatic rings. The Labute approximate surface area is 161 Å². The fourth-order valence-corrected chi connectivity index (χ4v) is 3.05. The molecule has 28 heavy (non-hydrogen) atoms. The van der Waals surface area contributed by atoms with Crippen LogP contribution in [0, 0.1) is 5.92 Å². The molecule has 1 saturated carbocycles. The number of alkyl halides is 1. The average molecular weight is 380 g/mol. The highest BCUT2D eigenvalue weighted by atomic mass is 19.1. The van der Waals surface area contributed by atoms with Crippen molar-refractivity contribution in [2.24, 2.45) is 5.92 Å². The molecule has 1 aromatic carbocycles. The summed E-state index contributed by atoms with van der Waals surface area (Å²) in [5.41, 5.74) is 3.63. The molecule has 0 spiro atoms. The number of aromatic nitrogens is 2. The molecule has 0 saturated heterocycles. The van der Waals surface area contributed by atoms with E-state index >= 15 is 0 Å². The van der Waals surface area contributed by atoms with Gasteiger partial charge in [0.05, 0.1) is 25.0 Å². The van der Waals surface area contributed by atoms with Gasteiger partial charge in [-0.05, 0) is 36.1 Å². The number of anilines is 1. The Bertz CT molecular complexity index is 1010. The third-order valence-corrected chi connectivity index (χ3v) is 4.75. The normalized spacial score (nSPS) is 13.5.